The highest BCUT2D eigenvalue weighted by molar-refractivity contribution is 7.22. The maximum atomic E-state index is 12.8. The maximum absolute atomic E-state index is 12.8. The number of benzene rings is 1. The van der Waals surface area contributed by atoms with Crippen molar-refractivity contribution < 1.29 is 14.3 Å². The van der Waals surface area contributed by atoms with E-state index in [1.54, 1.807) is 25.6 Å². The number of aromatic nitrogens is 1. The van der Waals surface area contributed by atoms with Gasteiger partial charge in [-0.2, -0.15) is 0 Å². The largest absolute Gasteiger partial charge is 0.497 e. The number of nitrogens with zero attached hydrogens (tertiary/aromatic N) is 1. The van der Waals surface area contributed by atoms with Gasteiger partial charge in [-0.1, -0.05) is 6.07 Å². The van der Waals surface area contributed by atoms with Gasteiger partial charge >= 0.3 is 0 Å². The summed E-state index contributed by atoms with van der Waals surface area (Å²) >= 11 is 3.03. The van der Waals surface area contributed by atoms with Gasteiger partial charge in [0.2, 0.25) is 0 Å². The molecule has 0 aliphatic carbocycles. The molecule has 0 aliphatic heterocycles. The molecule has 3 rings (SSSR count). The number of methoxy groups -OCH3 is 2. The van der Waals surface area contributed by atoms with Gasteiger partial charge in [-0.15, -0.1) is 22.7 Å². The van der Waals surface area contributed by atoms with Gasteiger partial charge in [0.1, 0.15) is 21.4 Å². The molecule has 0 unspecified atom stereocenters. The Morgan fingerprint density at radius 2 is 2.04 bits per heavy atom. The Hall–Kier alpha value is -2.38. The number of amides is 1. The Labute approximate surface area is 160 Å². The van der Waals surface area contributed by atoms with E-state index in [9.17, 15) is 4.79 Å². The lowest BCUT2D eigenvalue weighted by Crippen LogP contribution is -2.26. The van der Waals surface area contributed by atoms with Crippen molar-refractivity contribution in [2.24, 2.45) is 0 Å². The fourth-order valence-electron chi connectivity index (χ4n) is 2.63. The number of ether oxygens (including phenoxy) is 2. The average Bonchev–Trinajstić information content (AvgIpc) is 3.30. The number of hydrogen-bond donors (Lipinski definition) is 1. The lowest BCUT2D eigenvalue weighted by molar-refractivity contribution is 0.0942. The lowest BCUT2D eigenvalue weighted by atomic mass is 10.1. The van der Waals surface area contributed by atoms with Crippen LogP contribution < -0.4 is 14.8 Å². The first-order chi connectivity index (χ1) is 12.5. The topological polar surface area (TPSA) is 60.5 Å². The maximum Gasteiger partial charge on any atom is 0.263 e. The predicted molar refractivity (Wildman–Crippen MR) is 106 cm³/mol. The number of hydrogen-bond acceptors (Lipinski definition) is 6. The lowest BCUT2D eigenvalue weighted by Gasteiger charge is -2.18. The van der Waals surface area contributed by atoms with Crippen molar-refractivity contribution in [1.29, 1.82) is 0 Å². The second-order valence-electron chi connectivity index (χ2n) is 5.71. The summed E-state index contributed by atoms with van der Waals surface area (Å²) in [7, 11) is 3.22. The summed E-state index contributed by atoms with van der Waals surface area (Å²) in [6.07, 6.45) is 0. The number of thiazole rings is 1. The molecule has 1 atom stereocenters. The zero-order chi connectivity index (χ0) is 18.7. The molecule has 3 aromatic rings. The quantitative estimate of drug-likeness (QED) is 0.666. The first-order valence-electron chi connectivity index (χ1n) is 8.07. The van der Waals surface area contributed by atoms with Crippen molar-refractivity contribution >= 4 is 28.6 Å². The van der Waals surface area contributed by atoms with Crippen molar-refractivity contribution in [3.63, 3.8) is 0 Å². The second kappa shape index (κ2) is 7.88. The summed E-state index contributed by atoms with van der Waals surface area (Å²) in [6.45, 7) is 3.78. The van der Waals surface area contributed by atoms with Crippen molar-refractivity contribution in [3.05, 3.63) is 51.8 Å². The predicted octanol–water partition coefficient (Wildman–Crippen LogP) is 4.69. The van der Waals surface area contributed by atoms with Crippen LogP contribution in [0.5, 0.6) is 11.5 Å². The van der Waals surface area contributed by atoms with Gasteiger partial charge in [-0.3, -0.25) is 4.79 Å². The van der Waals surface area contributed by atoms with Gasteiger partial charge < -0.3 is 14.8 Å². The van der Waals surface area contributed by atoms with E-state index in [0.717, 1.165) is 26.9 Å². The molecule has 1 N–H and O–H groups in total. The van der Waals surface area contributed by atoms with Gasteiger partial charge in [0, 0.05) is 5.56 Å². The molecule has 0 saturated carbocycles. The molecule has 0 saturated heterocycles. The van der Waals surface area contributed by atoms with E-state index in [0.29, 0.717) is 10.6 Å². The Morgan fingerprint density at radius 1 is 1.23 bits per heavy atom. The van der Waals surface area contributed by atoms with Crippen LogP contribution in [0.2, 0.25) is 0 Å². The van der Waals surface area contributed by atoms with Gasteiger partial charge in [0.15, 0.2) is 0 Å². The van der Waals surface area contributed by atoms with Gasteiger partial charge in [-0.05, 0) is 43.5 Å². The number of thiophene rings is 1. The molecule has 2 aromatic heterocycles. The molecule has 0 bridgehead atoms. The average molecular weight is 389 g/mol. The fourth-order valence-corrected chi connectivity index (χ4v) is 4.40. The van der Waals surface area contributed by atoms with E-state index in [2.05, 4.69) is 10.3 Å². The van der Waals surface area contributed by atoms with Gasteiger partial charge in [-0.25, -0.2) is 4.98 Å². The van der Waals surface area contributed by atoms with E-state index in [4.69, 9.17) is 9.47 Å². The normalized spacial score (nSPS) is 11.8. The molecule has 136 valence electrons. The van der Waals surface area contributed by atoms with E-state index in [-0.39, 0.29) is 11.9 Å². The standard InChI is InChI=1S/C19H20N2O3S2/c1-11(14-10-13(23-3)7-8-15(14)24-4)20-18(22)17-12(2)21-19(26-17)16-6-5-9-25-16/h5-11H,1-4H3,(H,20,22)/t11-/m0/s1. The highest BCUT2D eigenvalue weighted by Gasteiger charge is 2.20. The number of aryl methyl sites for hydroxylation is 1. The first kappa shape index (κ1) is 18.4. The van der Waals surface area contributed by atoms with Crippen LogP contribution in [-0.2, 0) is 0 Å². The fraction of sp³-hybridized carbons (Fsp3) is 0.263. The minimum atomic E-state index is -0.237. The van der Waals surface area contributed by atoms with Crippen LogP contribution in [0.3, 0.4) is 0 Å². The van der Waals surface area contributed by atoms with Crippen LogP contribution in [0.15, 0.2) is 35.7 Å². The molecule has 7 heteroatoms. The molecule has 0 aliphatic rings. The highest BCUT2D eigenvalue weighted by Crippen LogP contribution is 2.32. The number of carbonyl (C=O) groups excluding carboxylic acids is 1. The molecular weight excluding hydrogens is 368 g/mol. The van der Waals surface area contributed by atoms with Crippen LogP contribution >= 0.6 is 22.7 Å². The molecule has 2 heterocycles. The van der Waals surface area contributed by atoms with Crippen LogP contribution in [0.25, 0.3) is 9.88 Å². The van der Waals surface area contributed by atoms with Crippen LogP contribution in [0.1, 0.15) is 33.9 Å². The Kier molecular flexibility index (Phi) is 5.58. The van der Waals surface area contributed by atoms with Gasteiger partial charge in [0.25, 0.3) is 5.91 Å². The van der Waals surface area contributed by atoms with E-state index < -0.39 is 0 Å². The molecule has 0 radical (unpaired) electrons. The zero-order valence-electron chi connectivity index (χ0n) is 15.0. The van der Waals surface area contributed by atoms with Gasteiger partial charge in [0.05, 0.1) is 30.8 Å². The summed E-state index contributed by atoms with van der Waals surface area (Å²) in [5.41, 5.74) is 1.60. The van der Waals surface area contributed by atoms with Crippen molar-refractivity contribution in [1.82, 2.24) is 10.3 Å². The third kappa shape index (κ3) is 3.73. The smallest absolute Gasteiger partial charge is 0.263 e. The molecule has 1 aromatic carbocycles. The highest BCUT2D eigenvalue weighted by atomic mass is 32.1. The minimum Gasteiger partial charge on any atom is -0.497 e. The van der Waals surface area contributed by atoms with E-state index >= 15 is 0 Å². The van der Waals surface area contributed by atoms with E-state index in [1.807, 2.05) is 49.6 Å². The Balaban J connectivity index is 1.82. The third-order valence-electron chi connectivity index (χ3n) is 3.99. The number of carbonyl (C=O) groups is 1. The van der Waals surface area contributed by atoms with Crippen LogP contribution in [0.4, 0.5) is 0 Å². The number of rotatable bonds is 6. The summed E-state index contributed by atoms with van der Waals surface area (Å²) < 4.78 is 10.7. The zero-order valence-corrected chi connectivity index (χ0v) is 16.7. The Bertz CT molecular complexity index is 904. The molecule has 5 nitrogen and oxygen atoms in total. The van der Waals surface area contributed by atoms with Crippen LogP contribution in [-0.4, -0.2) is 25.1 Å². The molecule has 26 heavy (non-hydrogen) atoms. The Morgan fingerprint density at radius 3 is 2.69 bits per heavy atom. The van der Waals surface area contributed by atoms with E-state index in [1.165, 1.54) is 11.3 Å². The minimum absolute atomic E-state index is 0.139. The molecular formula is C19H20N2O3S2. The van der Waals surface area contributed by atoms with Crippen molar-refractivity contribution in [2.45, 2.75) is 19.9 Å². The number of nitrogens with one attached hydrogen (secondary N) is 1. The van der Waals surface area contributed by atoms with Crippen molar-refractivity contribution in [2.75, 3.05) is 14.2 Å². The summed E-state index contributed by atoms with van der Waals surface area (Å²) in [5, 5.41) is 5.91. The summed E-state index contributed by atoms with van der Waals surface area (Å²) in [5.74, 6) is 1.29. The molecule has 0 fully saturated rings. The molecule has 1 amide bonds. The SMILES string of the molecule is COc1ccc(OC)c([C@H](C)NC(=O)c2sc(-c3cccs3)nc2C)c1. The second-order valence-corrected chi connectivity index (χ2v) is 7.66. The first-order valence-corrected chi connectivity index (χ1v) is 9.77. The third-order valence-corrected chi connectivity index (χ3v) is 6.18. The monoisotopic (exact) mass is 388 g/mol. The summed E-state index contributed by atoms with van der Waals surface area (Å²) in [6, 6.07) is 9.29. The molecule has 0 spiro atoms. The van der Waals surface area contributed by atoms with Crippen LogP contribution in [0, 0.1) is 6.92 Å². The summed E-state index contributed by atoms with van der Waals surface area (Å²) in [4.78, 5) is 19.0. The van der Waals surface area contributed by atoms with Crippen molar-refractivity contribution in [3.8, 4) is 21.4 Å².